The van der Waals surface area contributed by atoms with Gasteiger partial charge in [-0.05, 0) is 25.1 Å². The Morgan fingerprint density at radius 2 is 2.11 bits per heavy atom. The number of rotatable bonds is 3. The molecule has 0 aliphatic rings. The molecule has 0 aliphatic heterocycles. The largest absolute Gasteiger partial charge is 0.467 e. The van der Waals surface area contributed by atoms with Gasteiger partial charge in [-0.1, -0.05) is 18.2 Å². The first-order valence-corrected chi connectivity index (χ1v) is 6.94. The van der Waals surface area contributed by atoms with Crippen LogP contribution in [-0.2, 0) is 0 Å². The summed E-state index contributed by atoms with van der Waals surface area (Å²) in [6.45, 7) is 1.91. The molecule has 3 nitrogen and oxygen atoms in total. The molecule has 0 fully saturated rings. The zero-order chi connectivity index (χ0) is 13.2. The van der Waals surface area contributed by atoms with Gasteiger partial charge in [-0.3, -0.25) is 4.79 Å². The number of thiophene rings is 1. The van der Waals surface area contributed by atoms with E-state index in [4.69, 9.17) is 4.42 Å². The highest BCUT2D eigenvalue weighted by Crippen LogP contribution is 2.26. The lowest BCUT2D eigenvalue weighted by Crippen LogP contribution is -2.26. The molecule has 1 aromatic carbocycles. The number of carbonyl (C=O) groups excluding carboxylic acids is 1. The highest BCUT2D eigenvalue weighted by molar-refractivity contribution is 7.17. The fraction of sp³-hybridized carbons (Fsp3) is 0.133. The summed E-state index contributed by atoms with van der Waals surface area (Å²) < 4.78 is 6.41. The number of furan rings is 1. The van der Waals surface area contributed by atoms with E-state index >= 15 is 0 Å². The molecule has 1 amide bonds. The molecule has 19 heavy (non-hydrogen) atoms. The molecule has 0 aliphatic carbocycles. The molecular formula is C15H13NO2S. The molecule has 0 saturated heterocycles. The maximum Gasteiger partial charge on any atom is 0.253 e. The van der Waals surface area contributed by atoms with Gasteiger partial charge in [0.05, 0.1) is 17.9 Å². The Labute approximate surface area is 114 Å². The summed E-state index contributed by atoms with van der Waals surface area (Å²) in [5.74, 6) is 0.689. The fourth-order valence-corrected chi connectivity index (χ4v) is 2.98. The SMILES string of the molecule is C[C@H](NC(=O)c1csc2ccccc12)c1ccco1. The van der Waals surface area contributed by atoms with Gasteiger partial charge in [0.1, 0.15) is 5.76 Å². The van der Waals surface area contributed by atoms with Crippen LogP contribution in [0.2, 0.25) is 0 Å². The van der Waals surface area contributed by atoms with Crippen LogP contribution in [0.3, 0.4) is 0 Å². The quantitative estimate of drug-likeness (QED) is 0.782. The Bertz CT molecular complexity index is 700. The minimum absolute atomic E-state index is 0.0682. The molecule has 1 atom stereocenters. The predicted octanol–water partition coefficient (Wildman–Crippen LogP) is 3.99. The summed E-state index contributed by atoms with van der Waals surface area (Å²) in [5.41, 5.74) is 0.721. The third-order valence-corrected chi connectivity index (χ3v) is 4.01. The first-order chi connectivity index (χ1) is 9.25. The van der Waals surface area contributed by atoms with Crippen molar-refractivity contribution in [3.63, 3.8) is 0 Å². The molecule has 2 aromatic heterocycles. The molecule has 4 heteroatoms. The first kappa shape index (κ1) is 12.0. The van der Waals surface area contributed by atoms with E-state index in [-0.39, 0.29) is 11.9 Å². The van der Waals surface area contributed by atoms with E-state index in [1.165, 1.54) is 0 Å². The van der Waals surface area contributed by atoms with Crippen molar-refractivity contribution in [3.8, 4) is 0 Å². The molecule has 1 N–H and O–H groups in total. The molecule has 0 bridgehead atoms. The second kappa shape index (κ2) is 4.90. The summed E-state index contributed by atoms with van der Waals surface area (Å²) in [7, 11) is 0. The minimum atomic E-state index is -0.138. The molecule has 0 spiro atoms. The summed E-state index contributed by atoms with van der Waals surface area (Å²) >= 11 is 1.58. The summed E-state index contributed by atoms with van der Waals surface area (Å²) in [6, 6.07) is 11.5. The van der Waals surface area contributed by atoms with Gasteiger partial charge in [-0.25, -0.2) is 0 Å². The van der Waals surface area contributed by atoms with Crippen LogP contribution in [0.1, 0.15) is 29.1 Å². The predicted molar refractivity (Wildman–Crippen MR) is 76.4 cm³/mol. The average molecular weight is 271 g/mol. The highest BCUT2D eigenvalue weighted by Gasteiger charge is 2.16. The van der Waals surface area contributed by atoms with Crippen LogP contribution in [0.5, 0.6) is 0 Å². The Morgan fingerprint density at radius 1 is 1.26 bits per heavy atom. The van der Waals surface area contributed by atoms with Gasteiger partial charge in [0, 0.05) is 15.5 Å². The van der Waals surface area contributed by atoms with Crippen LogP contribution in [0.25, 0.3) is 10.1 Å². The zero-order valence-corrected chi connectivity index (χ0v) is 11.2. The van der Waals surface area contributed by atoms with Crippen LogP contribution in [0.4, 0.5) is 0 Å². The molecule has 2 heterocycles. The van der Waals surface area contributed by atoms with Gasteiger partial charge in [-0.15, -0.1) is 11.3 Å². The lowest BCUT2D eigenvalue weighted by atomic mass is 10.1. The number of carbonyl (C=O) groups is 1. The van der Waals surface area contributed by atoms with Crippen molar-refractivity contribution in [1.29, 1.82) is 0 Å². The fourth-order valence-electron chi connectivity index (χ4n) is 2.04. The van der Waals surface area contributed by atoms with E-state index in [9.17, 15) is 4.79 Å². The van der Waals surface area contributed by atoms with Crippen molar-refractivity contribution in [3.05, 3.63) is 59.4 Å². The Hall–Kier alpha value is -2.07. The van der Waals surface area contributed by atoms with Crippen molar-refractivity contribution in [1.82, 2.24) is 5.32 Å². The van der Waals surface area contributed by atoms with Crippen molar-refractivity contribution in [2.45, 2.75) is 13.0 Å². The minimum Gasteiger partial charge on any atom is -0.467 e. The number of hydrogen-bond donors (Lipinski definition) is 1. The summed E-state index contributed by atoms with van der Waals surface area (Å²) in [6.07, 6.45) is 1.61. The van der Waals surface area contributed by atoms with Crippen molar-refractivity contribution in [2.75, 3.05) is 0 Å². The summed E-state index contributed by atoms with van der Waals surface area (Å²) in [4.78, 5) is 12.3. The van der Waals surface area contributed by atoms with Crippen LogP contribution in [0, 0.1) is 0 Å². The summed E-state index contributed by atoms with van der Waals surface area (Å²) in [5, 5.41) is 5.85. The number of fused-ring (bicyclic) bond motifs is 1. The smallest absolute Gasteiger partial charge is 0.253 e. The standard InChI is InChI=1S/C15H13NO2S/c1-10(13-6-4-8-18-13)16-15(17)12-9-19-14-7-3-2-5-11(12)14/h2-10H,1H3,(H,16,17)/t10-/m0/s1. The highest BCUT2D eigenvalue weighted by atomic mass is 32.1. The van der Waals surface area contributed by atoms with Gasteiger partial charge >= 0.3 is 0 Å². The molecular weight excluding hydrogens is 258 g/mol. The van der Waals surface area contributed by atoms with Crippen LogP contribution >= 0.6 is 11.3 Å². The van der Waals surface area contributed by atoms with Gasteiger partial charge in [0.15, 0.2) is 0 Å². The molecule has 3 rings (SSSR count). The maximum atomic E-state index is 12.3. The Kier molecular flexibility index (Phi) is 3.09. The maximum absolute atomic E-state index is 12.3. The van der Waals surface area contributed by atoms with E-state index < -0.39 is 0 Å². The number of hydrogen-bond acceptors (Lipinski definition) is 3. The van der Waals surface area contributed by atoms with Gasteiger partial charge in [0.2, 0.25) is 0 Å². The molecule has 0 unspecified atom stereocenters. The molecule has 0 radical (unpaired) electrons. The normalized spacial score (nSPS) is 12.5. The van der Waals surface area contributed by atoms with Crippen molar-refractivity contribution >= 4 is 27.3 Å². The number of benzene rings is 1. The second-order valence-corrected chi connectivity index (χ2v) is 5.27. The lowest BCUT2D eigenvalue weighted by molar-refractivity contribution is 0.0937. The number of nitrogens with one attached hydrogen (secondary N) is 1. The van der Waals surface area contributed by atoms with Crippen LogP contribution in [-0.4, -0.2) is 5.91 Å². The van der Waals surface area contributed by atoms with E-state index in [0.29, 0.717) is 0 Å². The van der Waals surface area contributed by atoms with Gasteiger partial charge < -0.3 is 9.73 Å². The van der Waals surface area contributed by atoms with E-state index in [2.05, 4.69) is 5.32 Å². The molecule has 3 aromatic rings. The average Bonchev–Trinajstić information content (AvgIpc) is 3.08. The van der Waals surface area contributed by atoms with E-state index in [1.807, 2.05) is 48.7 Å². The number of amides is 1. The van der Waals surface area contributed by atoms with Crippen LogP contribution < -0.4 is 5.32 Å². The monoisotopic (exact) mass is 271 g/mol. The van der Waals surface area contributed by atoms with E-state index in [0.717, 1.165) is 21.4 Å². The van der Waals surface area contributed by atoms with Crippen molar-refractivity contribution in [2.24, 2.45) is 0 Å². The third kappa shape index (κ3) is 2.27. The Morgan fingerprint density at radius 3 is 2.89 bits per heavy atom. The topological polar surface area (TPSA) is 42.2 Å². The zero-order valence-electron chi connectivity index (χ0n) is 10.4. The van der Waals surface area contributed by atoms with Crippen molar-refractivity contribution < 1.29 is 9.21 Å². The first-order valence-electron chi connectivity index (χ1n) is 6.06. The third-order valence-electron chi connectivity index (χ3n) is 3.04. The lowest BCUT2D eigenvalue weighted by Gasteiger charge is -2.10. The van der Waals surface area contributed by atoms with E-state index in [1.54, 1.807) is 17.6 Å². The Balaban J connectivity index is 1.84. The second-order valence-electron chi connectivity index (χ2n) is 4.36. The van der Waals surface area contributed by atoms with Gasteiger partial charge in [-0.2, -0.15) is 0 Å². The van der Waals surface area contributed by atoms with Gasteiger partial charge in [0.25, 0.3) is 5.91 Å². The molecule has 96 valence electrons. The molecule has 0 saturated carbocycles. The van der Waals surface area contributed by atoms with Crippen LogP contribution in [0.15, 0.2) is 52.5 Å².